The summed E-state index contributed by atoms with van der Waals surface area (Å²) in [4.78, 5) is 29.5. The first-order chi connectivity index (χ1) is 14.0. The number of carbonyl (C=O) groups is 2. The van der Waals surface area contributed by atoms with Crippen molar-refractivity contribution in [3.63, 3.8) is 0 Å². The molecule has 0 aliphatic heterocycles. The van der Waals surface area contributed by atoms with Crippen LogP contribution in [0, 0.1) is 0 Å². The van der Waals surface area contributed by atoms with Crippen molar-refractivity contribution in [2.24, 2.45) is 7.05 Å². The molecule has 0 saturated heterocycles. The van der Waals surface area contributed by atoms with Crippen LogP contribution in [0.15, 0.2) is 42.6 Å². The number of aryl methyl sites for hydroxylation is 1. The van der Waals surface area contributed by atoms with Crippen molar-refractivity contribution >= 4 is 11.8 Å². The van der Waals surface area contributed by atoms with Gasteiger partial charge in [0.25, 0.3) is 5.91 Å². The molecule has 1 heterocycles. The van der Waals surface area contributed by atoms with Crippen LogP contribution in [0.25, 0.3) is 0 Å². The minimum absolute atomic E-state index is 0.0128. The monoisotopic (exact) mass is 401 g/mol. The molecule has 0 unspecified atom stereocenters. The highest BCUT2D eigenvalue weighted by atomic mass is 16.5. The maximum atomic E-state index is 13.1. The Morgan fingerprint density at radius 3 is 2.41 bits per heavy atom. The van der Waals surface area contributed by atoms with Crippen LogP contribution in [0.1, 0.15) is 29.4 Å². The van der Waals surface area contributed by atoms with Gasteiger partial charge >= 0.3 is 0 Å². The molecule has 7 heteroatoms. The lowest BCUT2D eigenvalue weighted by Crippen LogP contribution is -2.44. The normalized spacial score (nSPS) is 10.6. The van der Waals surface area contributed by atoms with Crippen molar-refractivity contribution in [2.45, 2.75) is 19.9 Å². The standard InChI is InChI=1S/C22H31N3O4/c1-5-12-25(22(27)19-10-6-7-11-20(19)29-4)17-21(26)24(14-15-28-3)16-18-9-8-13-23(18)2/h6-11,13H,5,12,14-17H2,1-4H3. The van der Waals surface area contributed by atoms with E-state index in [2.05, 4.69) is 0 Å². The second kappa shape index (κ2) is 11.3. The summed E-state index contributed by atoms with van der Waals surface area (Å²) >= 11 is 0. The summed E-state index contributed by atoms with van der Waals surface area (Å²) in [5.74, 6) is 0.189. The highest BCUT2D eigenvalue weighted by molar-refractivity contribution is 5.98. The zero-order chi connectivity index (χ0) is 21.2. The second-order valence-electron chi connectivity index (χ2n) is 6.85. The Balaban J connectivity index is 2.18. The molecule has 2 aromatic rings. The van der Waals surface area contributed by atoms with E-state index in [1.165, 1.54) is 7.11 Å². The number of amides is 2. The molecule has 29 heavy (non-hydrogen) atoms. The Labute approximate surface area is 172 Å². The summed E-state index contributed by atoms with van der Waals surface area (Å²) in [6.45, 7) is 3.85. The number of carbonyl (C=O) groups excluding carboxylic acids is 2. The van der Waals surface area contributed by atoms with E-state index in [1.807, 2.05) is 42.9 Å². The van der Waals surface area contributed by atoms with Crippen molar-refractivity contribution < 1.29 is 19.1 Å². The molecule has 0 bridgehead atoms. The molecule has 0 aliphatic rings. The smallest absolute Gasteiger partial charge is 0.258 e. The maximum Gasteiger partial charge on any atom is 0.258 e. The van der Waals surface area contributed by atoms with Crippen LogP contribution in [-0.4, -0.2) is 66.6 Å². The van der Waals surface area contributed by atoms with E-state index in [0.717, 1.165) is 12.1 Å². The average Bonchev–Trinajstić information content (AvgIpc) is 3.14. The topological polar surface area (TPSA) is 64.0 Å². The Bertz CT molecular complexity index is 803. The molecule has 2 amide bonds. The Morgan fingerprint density at radius 2 is 1.79 bits per heavy atom. The van der Waals surface area contributed by atoms with E-state index in [4.69, 9.17) is 9.47 Å². The zero-order valence-electron chi connectivity index (χ0n) is 17.8. The lowest BCUT2D eigenvalue weighted by molar-refractivity contribution is -0.133. The van der Waals surface area contributed by atoms with Gasteiger partial charge in [-0.05, 0) is 30.7 Å². The van der Waals surface area contributed by atoms with Crippen molar-refractivity contribution in [3.8, 4) is 5.75 Å². The Hall–Kier alpha value is -2.80. The number of nitrogens with zero attached hydrogens (tertiary/aromatic N) is 3. The number of ether oxygens (including phenoxy) is 2. The predicted octanol–water partition coefficient (Wildman–Crippen LogP) is 2.56. The molecule has 0 atom stereocenters. The van der Waals surface area contributed by atoms with Gasteiger partial charge in [-0.3, -0.25) is 9.59 Å². The van der Waals surface area contributed by atoms with Gasteiger partial charge < -0.3 is 23.8 Å². The average molecular weight is 402 g/mol. The van der Waals surface area contributed by atoms with E-state index >= 15 is 0 Å². The number of para-hydroxylation sites is 1. The lowest BCUT2D eigenvalue weighted by atomic mass is 10.1. The molecule has 1 aromatic carbocycles. The van der Waals surface area contributed by atoms with Crippen LogP contribution in [0.5, 0.6) is 5.75 Å². The van der Waals surface area contributed by atoms with E-state index in [0.29, 0.717) is 37.6 Å². The number of aromatic nitrogens is 1. The van der Waals surface area contributed by atoms with E-state index < -0.39 is 0 Å². The van der Waals surface area contributed by atoms with Crippen LogP contribution in [0.2, 0.25) is 0 Å². The Kier molecular flexibility index (Phi) is 8.73. The third kappa shape index (κ3) is 6.09. The highest BCUT2D eigenvalue weighted by Crippen LogP contribution is 2.19. The molecular weight excluding hydrogens is 370 g/mol. The SMILES string of the molecule is CCCN(CC(=O)N(CCOC)Cc1cccn1C)C(=O)c1ccccc1OC. The number of methoxy groups -OCH3 is 2. The van der Waals surface area contributed by atoms with Crippen molar-refractivity contribution in [3.05, 3.63) is 53.9 Å². The number of benzene rings is 1. The van der Waals surface area contributed by atoms with E-state index in [1.54, 1.807) is 35.1 Å². The summed E-state index contributed by atoms with van der Waals surface area (Å²) < 4.78 is 12.5. The Morgan fingerprint density at radius 1 is 1.03 bits per heavy atom. The first kappa shape index (κ1) is 22.5. The number of rotatable bonds is 11. The zero-order valence-corrected chi connectivity index (χ0v) is 17.8. The van der Waals surface area contributed by atoms with Crippen LogP contribution in [0.3, 0.4) is 0 Å². The van der Waals surface area contributed by atoms with Gasteiger partial charge in [-0.25, -0.2) is 0 Å². The fourth-order valence-corrected chi connectivity index (χ4v) is 3.13. The summed E-state index contributed by atoms with van der Waals surface area (Å²) in [7, 11) is 5.09. The summed E-state index contributed by atoms with van der Waals surface area (Å²) in [5, 5.41) is 0. The van der Waals surface area contributed by atoms with E-state index in [9.17, 15) is 9.59 Å². The van der Waals surface area contributed by atoms with Gasteiger partial charge in [0.15, 0.2) is 0 Å². The van der Waals surface area contributed by atoms with Crippen molar-refractivity contribution in [1.29, 1.82) is 0 Å². The van der Waals surface area contributed by atoms with Crippen LogP contribution >= 0.6 is 0 Å². The molecule has 7 nitrogen and oxygen atoms in total. The quantitative estimate of drug-likeness (QED) is 0.581. The molecule has 158 valence electrons. The molecule has 0 spiro atoms. The van der Waals surface area contributed by atoms with Crippen LogP contribution < -0.4 is 4.74 Å². The largest absolute Gasteiger partial charge is 0.496 e. The van der Waals surface area contributed by atoms with Crippen molar-refractivity contribution in [2.75, 3.05) is 40.5 Å². The second-order valence-corrected chi connectivity index (χ2v) is 6.85. The van der Waals surface area contributed by atoms with Gasteiger partial charge in [0.1, 0.15) is 12.3 Å². The third-order valence-electron chi connectivity index (χ3n) is 4.77. The molecule has 0 aliphatic carbocycles. The minimum Gasteiger partial charge on any atom is -0.496 e. The van der Waals surface area contributed by atoms with Crippen molar-refractivity contribution in [1.82, 2.24) is 14.4 Å². The minimum atomic E-state index is -0.205. The fraction of sp³-hybridized carbons (Fsp3) is 0.455. The van der Waals surface area contributed by atoms with E-state index in [-0.39, 0.29) is 18.4 Å². The first-order valence-electron chi connectivity index (χ1n) is 9.81. The van der Waals surface area contributed by atoms with Gasteiger partial charge in [0.05, 0.1) is 25.8 Å². The molecule has 1 aromatic heterocycles. The molecular formula is C22H31N3O4. The molecule has 0 fully saturated rings. The first-order valence-corrected chi connectivity index (χ1v) is 9.81. The molecule has 0 radical (unpaired) electrons. The van der Waals surface area contributed by atoms with Gasteiger partial charge in [0, 0.05) is 39.1 Å². The summed E-state index contributed by atoms with van der Waals surface area (Å²) in [5.41, 5.74) is 1.48. The number of hydrogen-bond donors (Lipinski definition) is 0. The van der Waals surface area contributed by atoms with Gasteiger partial charge in [-0.1, -0.05) is 19.1 Å². The fourth-order valence-electron chi connectivity index (χ4n) is 3.13. The van der Waals surface area contributed by atoms with Crippen LogP contribution in [0.4, 0.5) is 0 Å². The van der Waals surface area contributed by atoms with Crippen LogP contribution in [-0.2, 0) is 23.1 Å². The van der Waals surface area contributed by atoms with Gasteiger partial charge in [-0.15, -0.1) is 0 Å². The van der Waals surface area contributed by atoms with Gasteiger partial charge in [0.2, 0.25) is 5.91 Å². The van der Waals surface area contributed by atoms with Gasteiger partial charge in [-0.2, -0.15) is 0 Å². The third-order valence-corrected chi connectivity index (χ3v) is 4.77. The molecule has 0 saturated carbocycles. The lowest BCUT2D eigenvalue weighted by Gasteiger charge is -2.28. The maximum absolute atomic E-state index is 13.1. The molecule has 2 rings (SSSR count). The molecule has 0 N–H and O–H groups in total. The highest BCUT2D eigenvalue weighted by Gasteiger charge is 2.24. The summed E-state index contributed by atoms with van der Waals surface area (Å²) in [6.07, 6.45) is 2.70. The number of hydrogen-bond acceptors (Lipinski definition) is 4. The predicted molar refractivity (Wildman–Crippen MR) is 112 cm³/mol. The summed E-state index contributed by atoms with van der Waals surface area (Å²) in [6, 6.07) is 11.0.